The Kier molecular flexibility index (Phi) is 4.98. The van der Waals surface area contributed by atoms with E-state index in [1.807, 2.05) is 34.6 Å². The molecular formula is C14H20BrNO2S. The first-order chi connectivity index (χ1) is 8.59. The molecule has 0 saturated heterocycles. The van der Waals surface area contributed by atoms with Crippen LogP contribution in [-0.4, -0.2) is 15.0 Å². The van der Waals surface area contributed by atoms with Crippen LogP contribution in [0.15, 0.2) is 16.0 Å². The summed E-state index contributed by atoms with van der Waals surface area (Å²) in [5.74, 6) is 0. The van der Waals surface area contributed by atoms with Crippen molar-refractivity contribution in [2.45, 2.75) is 39.5 Å². The number of hydrogen-bond donors (Lipinski definition) is 1. The van der Waals surface area contributed by atoms with Crippen molar-refractivity contribution < 1.29 is 8.42 Å². The zero-order valence-corrected chi connectivity index (χ0v) is 14.4. The third kappa shape index (κ3) is 3.27. The van der Waals surface area contributed by atoms with Crippen molar-refractivity contribution in [2.24, 2.45) is 0 Å². The number of hydrogen-bond acceptors (Lipinski definition) is 2. The molecule has 106 valence electrons. The Balaban J connectivity index is 3.47. The molecule has 0 aliphatic carbocycles. The molecule has 0 spiro atoms. The highest BCUT2D eigenvalue weighted by Crippen LogP contribution is 2.29. The van der Waals surface area contributed by atoms with Crippen molar-refractivity contribution in [3.05, 3.63) is 38.9 Å². The summed E-state index contributed by atoms with van der Waals surface area (Å²) in [6, 6.07) is 0. The second kappa shape index (κ2) is 5.77. The Morgan fingerprint density at radius 3 is 1.74 bits per heavy atom. The second-order valence-electron chi connectivity index (χ2n) is 4.80. The van der Waals surface area contributed by atoms with Crippen molar-refractivity contribution >= 4 is 26.0 Å². The van der Waals surface area contributed by atoms with Gasteiger partial charge in [-0.1, -0.05) is 22.5 Å². The number of sulfonamides is 1. The lowest BCUT2D eigenvalue weighted by molar-refractivity contribution is 0.584. The molecule has 0 radical (unpaired) electrons. The monoisotopic (exact) mass is 345 g/mol. The van der Waals surface area contributed by atoms with Gasteiger partial charge in [0.25, 0.3) is 0 Å². The molecule has 0 atom stereocenters. The minimum Gasteiger partial charge on any atom is -0.207 e. The van der Waals surface area contributed by atoms with Crippen molar-refractivity contribution in [2.75, 3.05) is 6.54 Å². The molecular weight excluding hydrogens is 326 g/mol. The molecule has 5 heteroatoms. The van der Waals surface area contributed by atoms with E-state index in [0.29, 0.717) is 9.38 Å². The summed E-state index contributed by atoms with van der Waals surface area (Å²) < 4.78 is 28.0. The number of nitrogens with one attached hydrogen (secondary N) is 1. The summed E-state index contributed by atoms with van der Waals surface area (Å²) in [4.78, 5) is 0.391. The molecule has 0 amide bonds. The van der Waals surface area contributed by atoms with Gasteiger partial charge in [0.05, 0.1) is 4.90 Å². The van der Waals surface area contributed by atoms with Gasteiger partial charge in [-0.25, -0.2) is 13.1 Å². The van der Waals surface area contributed by atoms with Gasteiger partial charge >= 0.3 is 0 Å². The Morgan fingerprint density at radius 1 is 1.00 bits per heavy atom. The highest BCUT2D eigenvalue weighted by Gasteiger charge is 2.23. The van der Waals surface area contributed by atoms with Gasteiger partial charge in [-0.3, -0.25) is 0 Å². The van der Waals surface area contributed by atoms with Crippen LogP contribution < -0.4 is 4.72 Å². The highest BCUT2D eigenvalue weighted by molar-refractivity contribution is 9.11. The van der Waals surface area contributed by atoms with Crippen LogP contribution in [0, 0.1) is 34.6 Å². The van der Waals surface area contributed by atoms with Gasteiger partial charge in [-0.05, 0) is 62.4 Å². The van der Waals surface area contributed by atoms with E-state index >= 15 is 0 Å². The average molecular weight is 346 g/mol. The van der Waals surface area contributed by atoms with E-state index in [2.05, 4.69) is 27.2 Å². The van der Waals surface area contributed by atoms with Gasteiger partial charge in [-0.2, -0.15) is 0 Å². The smallest absolute Gasteiger partial charge is 0.207 e. The van der Waals surface area contributed by atoms with Gasteiger partial charge in [0, 0.05) is 11.0 Å². The predicted molar refractivity (Wildman–Crippen MR) is 83.4 cm³/mol. The van der Waals surface area contributed by atoms with E-state index in [4.69, 9.17) is 0 Å². The zero-order valence-electron chi connectivity index (χ0n) is 12.0. The summed E-state index contributed by atoms with van der Waals surface area (Å²) in [6.45, 7) is 13.5. The first kappa shape index (κ1) is 16.4. The van der Waals surface area contributed by atoms with Crippen LogP contribution in [0.2, 0.25) is 0 Å². The van der Waals surface area contributed by atoms with E-state index in [1.54, 1.807) is 0 Å². The normalized spacial score (nSPS) is 11.7. The third-order valence-corrected chi connectivity index (χ3v) is 5.61. The van der Waals surface area contributed by atoms with Crippen LogP contribution in [0.1, 0.15) is 27.8 Å². The molecule has 0 aliphatic rings. The average Bonchev–Trinajstić information content (AvgIpc) is 2.31. The maximum absolute atomic E-state index is 12.4. The van der Waals surface area contributed by atoms with Crippen molar-refractivity contribution in [1.29, 1.82) is 0 Å². The quantitative estimate of drug-likeness (QED) is 0.908. The molecule has 0 unspecified atom stereocenters. The SMILES string of the molecule is C=C(Br)CNS(=O)(=O)c1c(C)c(C)c(C)c(C)c1C. The lowest BCUT2D eigenvalue weighted by Crippen LogP contribution is -2.27. The molecule has 1 aromatic rings. The van der Waals surface area contributed by atoms with Crippen LogP contribution in [0.5, 0.6) is 0 Å². The Bertz CT molecular complexity index is 604. The molecule has 1 aromatic carbocycles. The van der Waals surface area contributed by atoms with E-state index in [9.17, 15) is 8.42 Å². The molecule has 0 bridgehead atoms. The van der Waals surface area contributed by atoms with Crippen LogP contribution in [0.3, 0.4) is 0 Å². The predicted octanol–water partition coefficient (Wildman–Crippen LogP) is 3.42. The Hall–Kier alpha value is -0.650. The summed E-state index contributed by atoms with van der Waals surface area (Å²) >= 11 is 3.16. The molecule has 0 saturated carbocycles. The van der Waals surface area contributed by atoms with Crippen LogP contribution in [-0.2, 0) is 10.0 Å². The lowest BCUT2D eigenvalue weighted by atomic mass is 9.95. The van der Waals surface area contributed by atoms with E-state index in [-0.39, 0.29) is 6.54 Å². The molecule has 0 fully saturated rings. The van der Waals surface area contributed by atoms with Crippen LogP contribution >= 0.6 is 15.9 Å². The first-order valence-corrected chi connectivity index (χ1v) is 8.27. The van der Waals surface area contributed by atoms with E-state index < -0.39 is 10.0 Å². The number of rotatable bonds is 4. The fourth-order valence-electron chi connectivity index (χ4n) is 2.11. The molecule has 19 heavy (non-hydrogen) atoms. The molecule has 1 N–H and O–H groups in total. The highest BCUT2D eigenvalue weighted by atomic mass is 79.9. The van der Waals surface area contributed by atoms with Gasteiger partial charge in [0.1, 0.15) is 0 Å². The standard InChI is InChI=1S/C14H20BrNO2S/c1-8(15)7-16-19(17,18)14-12(5)10(3)9(2)11(4)13(14)6/h16H,1,7H2,2-6H3. The maximum atomic E-state index is 12.4. The van der Waals surface area contributed by atoms with Gasteiger partial charge in [0.2, 0.25) is 10.0 Å². The fourth-order valence-corrected chi connectivity index (χ4v) is 4.06. The maximum Gasteiger partial charge on any atom is 0.241 e. The molecule has 1 rings (SSSR count). The summed E-state index contributed by atoms with van der Waals surface area (Å²) in [5.41, 5.74) is 4.84. The molecule has 3 nitrogen and oxygen atoms in total. The number of halogens is 1. The van der Waals surface area contributed by atoms with Gasteiger partial charge in [0.15, 0.2) is 0 Å². The van der Waals surface area contributed by atoms with Gasteiger partial charge in [-0.15, -0.1) is 0 Å². The van der Waals surface area contributed by atoms with Crippen LogP contribution in [0.4, 0.5) is 0 Å². The largest absolute Gasteiger partial charge is 0.241 e. The van der Waals surface area contributed by atoms with E-state index in [1.165, 1.54) is 0 Å². The summed E-state index contributed by atoms with van der Waals surface area (Å²) in [6.07, 6.45) is 0. The third-order valence-electron chi connectivity index (χ3n) is 3.65. The lowest BCUT2D eigenvalue weighted by Gasteiger charge is -2.18. The molecule has 0 aliphatic heterocycles. The van der Waals surface area contributed by atoms with Crippen molar-refractivity contribution in [1.82, 2.24) is 4.72 Å². The van der Waals surface area contributed by atoms with Crippen molar-refractivity contribution in [3.8, 4) is 0 Å². The summed E-state index contributed by atoms with van der Waals surface area (Å²) in [5, 5.41) is 0. The molecule has 0 heterocycles. The molecule has 0 aromatic heterocycles. The minimum absolute atomic E-state index is 0.188. The van der Waals surface area contributed by atoms with Crippen LogP contribution in [0.25, 0.3) is 0 Å². The van der Waals surface area contributed by atoms with E-state index in [0.717, 1.165) is 27.8 Å². The first-order valence-electron chi connectivity index (χ1n) is 5.99. The topological polar surface area (TPSA) is 46.2 Å². The van der Waals surface area contributed by atoms with Crippen molar-refractivity contribution in [3.63, 3.8) is 0 Å². The Labute approximate surface area is 124 Å². The summed E-state index contributed by atoms with van der Waals surface area (Å²) in [7, 11) is -3.52. The number of benzene rings is 1. The Morgan fingerprint density at radius 2 is 1.37 bits per heavy atom. The van der Waals surface area contributed by atoms with Gasteiger partial charge < -0.3 is 0 Å². The zero-order chi connectivity index (χ0) is 15.0. The second-order valence-corrected chi connectivity index (χ2v) is 7.62. The fraction of sp³-hybridized carbons (Fsp3) is 0.429. The minimum atomic E-state index is -3.52.